The molecule has 0 amide bonds. The second kappa shape index (κ2) is 11.2. The van der Waals surface area contributed by atoms with Crippen LogP contribution < -0.4 is 0 Å². The molecule has 6 nitrogen and oxygen atoms in total. The third-order valence-electron chi connectivity index (χ3n) is 5.38. The molecule has 170 valence electrons. The predicted octanol–water partition coefficient (Wildman–Crippen LogP) is 4.70. The maximum Gasteiger partial charge on any atom is 0.328 e. The van der Waals surface area contributed by atoms with Gasteiger partial charge >= 0.3 is 11.9 Å². The van der Waals surface area contributed by atoms with Gasteiger partial charge < -0.3 is 15.1 Å². The van der Waals surface area contributed by atoms with Crippen LogP contribution in [0.3, 0.4) is 0 Å². The average molecular weight is 495 g/mol. The average Bonchev–Trinajstić information content (AvgIpc) is 2.93. The van der Waals surface area contributed by atoms with E-state index in [4.69, 9.17) is 33.4 Å². The summed E-state index contributed by atoms with van der Waals surface area (Å²) in [6, 6.07) is 13.1. The van der Waals surface area contributed by atoms with Gasteiger partial charge in [0.1, 0.15) is 0 Å². The van der Waals surface area contributed by atoms with E-state index in [2.05, 4.69) is 47.2 Å². The van der Waals surface area contributed by atoms with Gasteiger partial charge in [-0.25, -0.2) is 9.59 Å². The predicted molar refractivity (Wildman–Crippen MR) is 127 cm³/mol. The minimum Gasteiger partial charge on any atom is -0.478 e. The molecule has 2 aliphatic rings. The lowest BCUT2D eigenvalue weighted by molar-refractivity contribution is -0.134. The fourth-order valence-corrected chi connectivity index (χ4v) is 5.39. The Kier molecular flexibility index (Phi) is 8.62. The molecule has 2 aromatic carbocycles. The number of hydrogen-bond acceptors (Lipinski definition) is 5. The maximum atomic E-state index is 9.55. The highest BCUT2D eigenvalue weighted by Gasteiger charge is 2.30. The molecule has 0 radical (unpaired) electrons. The Morgan fingerprint density at radius 3 is 2.25 bits per heavy atom. The van der Waals surface area contributed by atoms with E-state index in [-0.39, 0.29) is 0 Å². The van der Waals surface area contributed by atoms with Crippen LogP contribution in [0.15, 0.2) is 58.3 Å². The fraction of sp³-hybridized carbons (Fsp3) is 0.304. The summed E-state index contributed by atoms with van der Waals surface area (Å²) in [6.45, 7) is 4.41. The van der Waals surface area contributed by atoms with E-state index in [0.29, 0.717) is 28.2 Å². The normalized spacial score (nSPS) is 18.8. The second-order valence-corrected chi connectivity index (χ2v) is 9.40. The molecule has 2 aromatic rings. The highest BCUT2D eigenvalue weighted by Crippen LogP contribution is 2.47. The van der Waals surface area contributed by atoms with Crippen molar-refractivity contribution in [1.82, 2.24) is 9.80 Å². The zero-order valence-corrected chi connectivity index (χ0v) is 19.8. The summed E-state index contributed by atoms with van der Waals surface area (Å²) in [5.74, 6) is -2.51. The van der Waals surface area contributed by atoms with Gasteiger partial charge in [0.15, 0.2) is 0 Å². The Morgan fingerprint density at radius 2 is 1.62 bits per heavy atom. The number of carboxylic acid groups (broad SMARTS) is 2. The van der Waals surface area contributed by atoms with E-state index < -0.39 is 11.9 Å². The smallest absolute Gasteiger partial charge is 0.328 e. The zero-order valence-electron chi connectivity index (χ0n) is 17.5. The Bertz CT molecular complexity index is 1010. The van der Waals surface area contributed by atoms with Gasteiger partial charge in [0.2, 0.25) is 0 Å². The van der Waals surface area contributed by atoms with Crippen LogP contribution in [0.4, 0.5) is 0 Å². The second-order valence-electron chi connectivity index (χ2n) is 7.56. The van der Waals surface area contributed by atoms with Crippen LogP contribution in [-0.2, 0) is 16.0 Å². The third-order valence-corrected chi connectivity index (χ3v) is 7.56. The lowest BCUT2D eigenvalue weighted by Gasteiger charge is -2.38. The van der Waals surface area contributed by atoms with Gasteiger partial charge in [0, 0.05) is 54.2 Å². The number of halogens is 2. The van der Waals surface area contributed by atoms with Gasteiger partial charge in [-0.3, -0.25) is 4.90 Å². The number of benzene rings is 2. The van der Waals surface area contributed by atoms with Gasteiger partial charge in [-0.05, 0) is 36.7 Å². The van der Waals surface area contributed by atoms with Gasteiger partial charge in [-0.1, -0.05) is 59.2 Å². The van der Waals surface area contributed by atoms with E-state index in [9.17, 15) is 9.59 Å². The monoisotopic (exact) mass is 494 g/mol. The van der Waals surface area contributed by atoms with Gasteiger partial charge in [0.25, 0.3) is 0 Å². The van der Waals surface area contributed by atoms with Crippen LogP contribution in [0.25, 0.3) is 0 Å². The van der Waals surface area contributed by atoms with Crippen molar-refractivity contribution in [2.24, 2.45) is 0 Å². The summed E-state index contributed by atoms with van der Waals surface area (Å²) in [5.41, 5.74) is 2.71. The summed E-state index contributed by atoms with van der Waals surface area (Å²) in [4.78, 5) is 26.5. The summed E-state index contributed by atoms with van der Waals surface area (Å²) < 4.78 is 0. The van der Waals surface area contributed by atoms with Crippen molar-refractivity contribution in [1.29, 1.82) is 0 Å². The number of hydrogen-bond donors (Lipinski definition) is 2. The molecule has 0 aliphatic carbocycles. The number of likely N-dealkylation sites (N-methyl/N-ethyl adjacent to an activating group) is 1. The Labute approximate surface area is 201 Å². The molecule has 2 aliphatic heterocycles. The lowest BCUT2D eigenvalue weighted by Crippen LogP contribution is -2.46. The molecule has 2 heterocycles. The number of carbonyl (C=O) groups is 2. The van der Waals surface area contributed by atoms with Crippen LogP contribution in [0.5, 0.6) is 0 Å². The molecule has 0 bridgehead atoms. The van der Waals surface area contributed by atoms with E-state index in [1.807, 2.05) is 6.07 Å². The largest absolute Gasteiger partial charge is 0.478 e. The van der Waals surface area contributed by atoms with Gasteiger partial charge in [-0.2, -0.15) is 0 Å². The zero-order chi connectivity index (χ0) is 23.3. The SMILES string of the molecule is CN1CCN(C2Cc3ccccc3Sc3c2ccc(Cl)c3Cl)CC1.O=C(O)/C=C/C(=O)O. The molecule has 0 spiro atoms. The number of aliphatic carboxylic acids is 2. The minimum absolute atomic E-state index is 0.361. The van der Waals surface area contributed by atoms with Crippen molar-refractivity contribution in [2.75, 3.05) is 33.2 Å². The molecule has 1 fully saturated rings. The van der Waals surface area contributed by atoms with Gasteiger partial charge in [0.05, 0.1) is 10.0 Å². The first-order valence-corrected chi connectivity index (χ1v) is 11.6. The summed E-state index contributed by atoms with van der Waals surface area (Å²) in [6.07, 6.45) is 2.14. The number of carboxylic acids is 2. The van der Waals surface area contributed by atoms with Crippen molar-refractivity contribution in [3.8, 4) is 0 Å². The Balaban J connectivity index is 0.000000312. The number of rotatable bonds is 3. The van der Waals surface area contributed by atoms with E-state index in [1.165, 1.54) is 16.0 Å². The molecule has 0 saturated carbocycles. The standard InChI is InChI=1S/C19H20Cl2N2S.C4H4O4/c1-22-8-10-23(11-9-22)16-12-13-4-2-3-5-17(13)24-19-14(16)6-7-15(20)18(19)21;5-3(6)1-2-4(7)8/h2-7,16H,8-12H2,1H3;1-2H,(H,5,6)(H,7,8)/b;2-1+. The first-order valence-electron chi connectivity index (χ1n) is 10.1. The van der Waals surface area contributed by atoms with Crippen molar-refractivity contribution >= 4 is 46.9 Å². The van der Waals surface area contributed by atoms with E-state index >= 15 is 0 Å². The van der Waals surface area contributed by atoms with Crippen molar-refractivity contribution in [3.05, 3.63) is 69.7 Å². The summed E-state index contributed by atoms with van der Waals surface area (Å²) >= 11 is 14.7. The Morgan fingerprint density at radius 1 is 1.00 bits per heavy atom. The first kappa shape index (κ1) is 24.6. The molecule has 1 atom stereocenters. The molecular weight excluding hydrogens is 471 g/mol. The van der Waals surface area contributed by atoms with Crippen LogP contribution in [0.1, 0.15) is 17.2 Å². The topological polar surface area (TPSA) is 81.1 Å². The molecule has 1 unspecified atom stereocenters. The molecule has 2 N–H and O–H groups in total. The van der Waals surface area contributed by atoms with Gasteiger partial charge in [-0.15, -0.1) is 0 Å². The molecule has 1 saturated heterocycles. The quantitative estimate of drug-likeness (QED) is 0.598. The number of piperazine rings is 1. The van der Waals surface area contributed by atoms with Crippen molar-refractivity contribution < 1.29 is 19.8 Å². The maximum absolute atomic E-state index is 9.55. The first-order chi connectivity index (χ1) is 15.3. The van der Waals surface area contributed by atoms with E-state index in [0.717, 1.165) is 37.5 Å². The summed E-state index contributed by atoms with van der Waals surface area (Å²) in [5, 5.41) is 17.0. The van der Waals surface area contributed by atoms with Crippen LogP contribution in [0, 0.1) is 0 Å². The van der Waals surface area contributed by atoms with Crippen LogP contribution in [-0.4, -0.2) is 65.2 Å². The molecule has 4 rings (SSSR count). The highest BCUT2D eigenvalue weighted by molar-refractivity contribution is 7.99. The number of nitrogens with zero attached hydrogens (tertiary/aromatic N) is 2. The summed E-state index contributed by atoms with van der Waals surface area (Å²) in [7, 11) is 2.19. The highest BCUT2D eigenvalue weighted by atomic mass is 35.5. The van der Waals surface area contributed by atoms with Crippen molar-refractivity contribution in [2.45, 2.75) is 22.3 Å². The fourth-order valence-electron chi connectivity index (χ4n) is 3.72. The van der Waals surface area contributed by atoms with E-state index in [1.54, 1.807) is 11.8 Å². The Hall–Kier alpha value is -2.03. The van der Waals surface area contributed by atoms with Crippen molar-refractivity contribution in [3.63, 3.8) is 0 Å². The lowest BCUT2D eigenvalue weighted by atomic mass is 9.96. The minimum atomic E-state index is -1.26. The third kappa shape index (κ3) is 6.27. The molecule has 9 heteroatoms. The number of fused-ring (bicyclic) bond motifs is 2. The molecule has 0 aromatic heterocycles. The van der Waals surface area contributed by atoms with Crippen LogP contribution >= 0.6 is 35.0 Å². The van der Waals surface area contributed by atoms with Crippen LogP contribution in [0.2, 0.25) is 10.0 Å². The molecule has 32 heavy (non-hydrogen) atoms. The molecular formula is C23H24Cl2N2O4S.